The molecular formula is C30H37ClN4O3. The third-order valence-electron chi connectivity index (χ3n) is 6.63. The molecule has 0 aliphatic carbocycles. The van der Waals surface area contributed by atoms with Gasteiger partial charge in [-0.15, -0.1) is 0 Å². The van der Waals surface area contributed by atoms with Crippen molar-refractivity contribution in [1.82, 2.24) is 10.2 Å². The second kappa shape index (κ2) is 14.6. The minimum Gasteiger partial charge on any atom is -0.489 e. The zero-order valence-electron chi connectivity index (χ0n) is 22.0. The van der Waals surface area contributed by atoms with Crippen molar-refractivity contribution in [3.05, 3.63) is 94.0 Å². The van der Waals surface area contributed by atoms with Gasteiger partial charge in [-0.05, 0) is 75.3 Å². The first kappa shape index (κ1) is 29.3. The topological polar surface area (TPSA) is 112 Å². The summed E-state index contributed by atoms with van der Waals surface area (Å²) in [5.74, 6) is 0.632. The van der Waals surface area contributed by atoms with Crippen molar-refractivity contribution < 1.29 is 14.6 Å². The number of rotatable bonds is 9. The van der Waals surface area contributed by atoms with E-state index in [1.807, 2.05) is 25.2 Å². The molecular weight excluding hydrogens is 500 g/mol. The fourth-order valence-electron chi connectivity index (χ4n) is 4.35. The van der Waals surface area contributed by atoms with E-state index >= 15 is 0 Å². The number of anilines is 1. The monoisotopic (exact) mass is 536 g/mol. The lowest BCUT2D eigenvalue weighted by molar-refractivity contribution is 0.112. The second-order valence-corrected chi connectivity index (χ2v) is 9.78. The quantitative estimate of drug-likeness (QED) is 0.175. The molecule has 5 N–H and O–H groups in total. The van der Waals surface area contributed by atoms with Crippen LogP contribution >= 0.6 is 11.6 Å². The molecule has 3 aromatic rings. The van der Waals surface area contributed by atoms with Crippen molar-refractivity contribution in [1.29, 1.82) is 5.41 Å². The van der Waals surface area contributed by atoms with Crippen LogP contribution in [0.15, 0.2) is 66.7 Å². The molecule has 0 aromatic heterocycles. The Bertz CT molecular complexity index is 1200. The van der Waals surface area contributed by atoms with Gasteiger partial charge in [0.15, 0.2) is 0 Å². The minimum atomic E-state index is 0.161. The first-order valence-electron chi connectivity index (χ1n) is 12.8. The van der Waals surface area contributed by atoms with Crippen LogP contribution in [0.4, 0.5) is 5.69 Å². The molecule has 1 aliphatic heterocycles. The van der Waals surface area contributed by atoms with E-state index in [9.17, 15) is 4.79 Å². The molecule has 1 atom stereocenters. The van der Waals surface area contributed by atoms with Gasteiger partial charge in [0.1, 0.15) is 18.1 Å². The highest BCUT2D eigenvalue weighted by atomic mass is 35.5. The Morgan fingerprint density at radius 2 is 1.89 bits per heavy atom. The van der Waals surface area contributed by atoms with Crippen molar-refractivity contribution in [2.75, 3.05) is 39.5 Å². The molecule has 0 spiro atoms. The molecule has 1 fully saturated rings. The van der Waals surface area contributed by atoms with Gasteiger partial charge in [0, 0.05) is 48.1 Å². The molecule has 4 rings (SSSR count). The summed E-state index contributed by atoms with van der Waals surface area (Å²) >= 11 is 6.39. The molecule has 1 aliphatic rings. The zero-order chi connectivity index (χ0) is 27.5. The molecule has 1 saturated heterocycles. The number of nitrogens with two attached hydrogens (primary N) is 1. The van der Waals surface area contributed by atoms with Gasteiger partial charge in [-0.2, -0.15) is 0 Å². The van der Waals surface area contributed by atoms with Gasteiger partial charge in [0.05, 0.1) is 10.7 Å². The number of ether oxygens (including phenoxy) is 1. The summed E-state index contributed by atoms with van der Waals surface area (Å²) in [6.07, 6.45) is 3.61. The van der Waals surface area contributed by atoms with Crippen LogP contribution < -0.4 is 15.8 Å². The van der Waals surface area contributed by atoms with Crippen LogP contribution in [0.3, 0.4) is 0 Å². The van der Waals surface area contributed by atoms with E-state index in [0.717, 1.165) is 38.6 Å². The van der Waals surface area contributed by atoms with E-state index in [4.69, 9.17) is 32.6 Å². The summed E-state index contributed by atoms with van der Waals surface area (Å²) in [6, 6.07) is 20.6. The number of aliphatic hydroxyl groups excluding tert-OH is 1. The number of benzene rings is 3. The molecule has 1 unspecified atom stereocenters. The van der Waals surface area contributed by atoms with Crippen LogP contribution in [0.2, 0.25) is 5.02 Å². The van der Waals surface area contributed by atoms with Gasteiger partial charge in [-0.3, -0.25) is 10.2 Å². The molecule has 0 bridgehead atoms. The maximum Gasteiger partial charge on any atom is 0.150 e. The SMILES string of the molecule is CN1CCC(Oc2ccc(C(=N)c3cc(C=O)ccc3N)cc2Cl)CC1.CNC(CCO)c1ccccc1. The maximum atomic E-state index is 11.0. The van der Waals surface area contributed by atoms with Crippen molar-refractivity contribution in [3.8, 4) is 5.75 Å². The van der Waals surface area contributed by atoms with Crippen molar-refractivity contribution in [2.45, 2.75) is 31.4 Å². The van der Waals surface area contributed by atoms with Crippen LogP contribution in [0, 0.1) is 5.41 Å². The standard InChI is InChI=1S/C20H22ClN3O2.C10H15NO/c1-24-8-6-15(7-9-24)26-19-5-3-14(11-17(19)21)20(23)16-10-13(12-25)2-4-18(16)22;1-11-10(7-8-12)9-5-3-2-4-6-9/h2-5,10-12,15,23H,6-9,22H2,1H3;2-6,10-12H,7-8H2,1H3. The lowest BCUT2D eigenvalue weighted by Gasteiger charge is -2.29. The number of hydrogen-bond donors (Lipinski definition) is 4. The Labute approximate surface area is 230 Å². The Kier molecular flexibility index (Phi) is 11.3. The van der Waals surface area contributed by atoms with Crippen molar-refractivity contribution in [2.24, 2.45) is 0 Å². The summed E-state index contributed by atoms with van der Waals surface area (Å²) in [6.45, 7) is 2.25. The highest BCUT2D eigenvalue weighted by Gasteiger charge is 2.19. The molecule has 7 nitrogen and oxygen atoms in total. The fraction of sp³-hybridized carbons (Fsp3) is 0.333. The zero-order valence-corrected chi connectivity index (χ0v) is 22.7. The largest absolute Gasteiger partial charge is 0.489 e. The van der Waals surface area contributed by atoms with Gasteiger partial charge in [-0.1, -0.05) is 41.9 Å². The van der Waals surface area contributed by atoms with Gasteiger partial charge in [0.2, 0.25) is 0 Å². The lowest BCUT2D eigenvalue weighted by Crippen LogP contribution is -2.35. The number of hydrogen-bond acceptors (Lipinski definition) is 7. The highest BCUT2D eigenvalue weighted by molar-refractivity contribution is 6.32. The van der Waals surface area contributed by atoms with Gasteiger partial charge < -0.3 is 25.8 Å². The Morgan fingerprint density at radius 3 is 2.50 bits per heavy atom. The van der Waals surface area contributed by atoms with E-state index in [2.05, 4.69) is 29.4 Å². The molecule has 3 aromatic carbocycles. The Balaban J connectivity index is 0.000000279. The molecule has 38 heavy (non-hydrogen) atoms. The van der Waals surface area contributed by atoms with Crippen LogP contribution in [-0.4, -0.2) is 61.9 Å². The number of carbonyl (C=O) groups is 1. The van der Waals surface area contributed by atoms with Crippen molar-refractivity contribution in [3.63, 3.8) is 0 Å². The van der Waals surface area contributed by atoms with Gasteiger partial charge >= 0.3 is 0 Å². The number of aldehydes is 1. The maximum absolute atomic E-state index is 11.0. The normalized spacial score (nSPS) is 14.7. The molecule has 0 amide bonds. The summed E-state index contributed by atoms with van der Waals surface area (Å²) in [7, 11) is 4.02. The third-order valence-corrected chi connectivity index (χ3v) is 6.93. The number of piperidine rings is 1. The molecule has 202 valence electrons. The highest BCUT2D eigenvalue weighted by Crippen LogP contribution is 2.30. The number of nitrogens with one attached hydrogen (secondary N) is 2. The number of nitrogen functional groups attached to an aromatic ring is 1. The molecule has 0 saturated carbocycles. The van der Waals surface area contributed by atoms with E-state index in [1.165, 1.54) is 5.56 Å². The Morgan fingerprint density at radius 1 is 1.18 bits per heavy atom. The number of nitrogens with zero attached hydrogens (tertiary/aromatic N) is 1. The molecule has 8 heteroatoms. The third kappa shape index (κ3) is 8.13. The molecule has 0 radical (unpaired) electrons. The first-order chi connectivity index (χ1) is 18.4. The number of halogens is 1. The number of likely N-dealkylation sites (tertiary alicyclic amines) is 1. The molecule has 1 heterocycles. The number of aliphatic hydroxyl groups is 1. The average Bonchev–Trinajstić information content (AvgIpc) is 2.94. The smallest absolute Gasteiger partial charge is 0.150 e. The van der Waals surface area contributed by atoms with Gasteiger partial charge in [-0.25, -0.2) is 0 Å². The lowest BCUT2D eigenvalue weighted by atomic mass is 9.99. The van der Waals surface area contributed by atoms with Crippen LogP contribution in [0.5, 0.6) is 5.75 Å². The van der Waals surface area contributed by atoms with Crippen molar-refractivity contribution >= 4 is 29.3 Å². The first-order valence-corrected chi connectivity index (χ1v) is 13.2. The summed E-state index contributed by atoms with van der Waals surface area (Å²) < 4.78 is 6.03. The van der Waals surface area contributed by atoms with Crippen LogP contribution in [0.25, 0.3) is 0 Å². The average molecular weight is 537 g/mol. The summed E-state index contributed by atoms with van der Waals surface area (Å²) in [5.41, 5.74) is 9.48. The van der Waals surface area contributed by atoms with E-state index in [-0.39, 0.29) is 24.5 Å². The predicted molar refractivity (Wildman–Crippen MR) is 155 cm³/mol. The summed E-state index contributed by atoms with van der Waals surface area (Å²) in [5, 5.41) is 20.8. The Hall–Kier alpha value is -3.23. The summed E-state index contributed by atoms with van der Waals surface area (Å²) in [4.78, 5) is 13.3. The van der Waals surface area contributed by atoms with E-state index < -0.39 is 0 Å². The minimum absolute atomic E-state index is 0.161. The van der Waals surface area contributed by atoms with E-state index in [0.29, 0.717) is 33.1 Å². The van der Waals surface area contributed by atoms with Crippen LogP contribution in [0.1, 0.15) is 52.4 Å². The van der Waals surface area contributed by atoms with Crippen LogP contribution in [-0.2, 0) is 0 Å². The predicted octanol–water partition coefficient (Wildman–Crippen LogP) is 4.95. The number of carbonyl (C=O) groups excluding carboxylic acids is 1. The van der Waals surface area contributed by atoms with E-state index in [1.54, 1.807) is 36.4 Å². The fourth-order valence-corrected chi connectivity index (χ4v) is 4.57. The van der Waals surface area contributed by atoms with Gasteiger partial charge in [0.25, 0.3) is 0 Å². The second-order valence-electron chi connectivity index (χ2n) is 9.37.